The van der Waals surface area contributed by atoms with E-state index in [0.717, 1.165) is 31.2 Å². The molecule has 0 unspecified atom stereocenters. The Balaban J connectivity index is 2.23. The molecule has 1 aliphatic heterocycles. The summed E-state index contributed by atoms with van der Waals surface area (Å²) < 4.78 is 2.16. The average molecular weight is 223 g/mol. The summed E-state index contributed by atoms with van der Waals surface area (Å²) in [5, 5.41) is 9.92. The van der Waals surface area contributed by atoms with Gasteiger partial charge in [-0.1, -0.05) is 0 Å². The highest BCUT2D eigenvalue weighted by molar-refractivity contribution is 5.12. The largest absolute Gasteiger partial charge is 0.384 e. The maximum Gasteiger partial charge on any atom is 0.123 e. The van der Waals surface area contributed by atoms with E-state index in [1.165, 1.54) is 0 Å². The van der Waals surface area contributed by atoms with Crippen LogP contribution >= 0.6 is 0 Å². The zero-order chi connectivity index (χ0) is 11.9. The monoisotopic (exact) mass is 223 g/mol. The predicted octanol–water partition coefficient (Wildman–Crippen LogP) is 1.33. The molecule has 90 valence electrons. The Morgan fingerprint density at radius 2 is 2.06 bits per heavy atom. The maximum atomic E-state index is 9.92. The van der Waals surface area contributed by atoms with Gasteiger partial charge in [-0.25, -0.2) is 4.98 Å². The van der Waals surface area contributed by atoms with Gasteiger partial charge in [0.05, 0.1) is 12.2 Å². The van der Waals surface area contributed by atoms with Crippen molar-refractivity contribution in [1.29, 1.82) is 0 Å². The Bertz CT molecular complexity index is 376. The molecule has 4 heteroatoms. The fourth-order valence-corrected chi connectivity index (χ4v) is 2.01. The van der Waals surface area contributed by atoms with Gasteiger partial charge in [-0.2, -0.15) is 0 Å². The standard InChI is InChI=1S/C12H21N3O/c1-9(2)14-5-6-15-7-10(12(3,4)16)13-11(15)8-14/h7,9,16H,5-6,8H2,1-4H3. The molecular formula is C12H21N3O. The van der Waals surface area contributed by atoms with E-state index >= 15 is 0 Å². The summed E-state index contributed by atoms with van der Waals surface area (Å²) in [6.45, 7) is 10.9. The minimum Gasteiger partial charge on any atom is -0.384 e. The van der Waals surface area contributed by atoms with Crippen LogP contribution in [0.15, 0.2) is 6.20 Å². The summed E-state index contributed by atoms with van der Waals surface area (Å²) in [7, 11) is 0. The second kappa shape index (κ2) is 3.86. The van der Waals surface area contributed by atoms with Crippen molar-refractivity contribution in [1.82, 2.24) is 14.5 Å². The number of imidazole rings is 1. The topological polar surface area (TPSA) is 41.3 Å². The van der Waals surface area contributed by atoms with Gasteiger partial charge in [0.1, 0.15) is 11.4 Å². The first kappa shape index (κ1) is 11.6. The van der Waals surface area contributed by atoms with Gasteiger partial charge < -0.3 is 9.67 Å². The van der Waals surface area contributed by atoms with Crippen molar-refractivity contribution in [3.8, 4) is 0 Å². The number of nitrogens with zero attached hydrogens (tertiary/aromatic N) is 3. The van der Waals surface area contributed by atoms with E-state index in [0.29, 0.717) is 6.04 Å². The van der Waals surface area contributed by atoms with E-state index in [1.54, 1.807) is 13.8 Å². The van der Waals surface area contributed by atoms with Crippen LogP contribution in [0.3, 0.4) is 0 Å². The highest BCUT2D eigenvalue weighted by Crippen LogP contribution is 2.22. The minimum absolute atomic E-state index is 0.552. The summed E-state index contributed by atoms with van der Waals surface area (Å²) >= 11 is 0. The number of hydrogen-bond donors (Lipinski definition) is 1. The van der Waals surface area contributed by atoms with Crippen LogP contribution in [0, 0.1) is 0 Å². The molecule has 16 heavy (non-hydrogen) atoms. The van der Waals surface area contributed by atoms with Crippen molar-refractivity contribution in [3.05, 3.63) is 17.7 Å². The van der Waals surface area contributed by atoms with Gasteiger partial charge in [0.15, 0.2) is 0 Å². The molecule has 0 spiro atoms. The Labute approximate surface area is 96.9 Å². The van der Waals surface area contributed by atoms with Gasteiger partial charge in [0.25, 0.3) is 0 Å². The molecule has 0 radical (unpaired) electrons. The zero-order valence-electron chi connectivity index (χ0n) is 10.6. The van der Waals surface area contributed by atoms with Crippen molar-refractivity contribution in [2.24, 2.45) is 0 Å². The summed E-state index contributed by atoms with van der Waals surface area (Å²) in [5.74, 6) is 1.07. The Hall–Kier alpha value is -0.870. The van der Waals surface area contributed by atoms with E-state index in [4.69, 9.17) is 0 Å². The van der Waals surface area contributed by atoms with Crippen LogP contribution in [0.25, 0.3) is 0 Å². The first-order valence-electron chi connectivity index (χ1n) is 5.91. The molecule has 0 aromatic carbocycles. The quantitative estimate of drug-likeness (QED) is 0.822. The first-order chi connectivity index (χ1) is 7.38. The van der Waals surface area contributed by atoms with Gasteiger partial charge in [0.2, 0.25) is 0 Å². The highest BCUT2D eigenvalue weighted by Gasteiger charge is 2.25. The summed E-state index contributed by atoms with van der Waals surface area (Å²) in [6.07, 6.45) is 1.98. The Kier molecular flexibility index (Phi) is 2.80. The summed E-state index contributed by atoms with van der Waals surface area (Å²) in [4.78, 5) is 6.93. The summed E-state index contributed by atoms with van der Waals surface area (Å²) in [5.41, 5.74) is -0.0689. The van der Waals surface area contributed by atoms with Gasteiger partial charge in [-0.05, 0) is 27.7 Å². The van der Waals surface area contributed by atoms with Crippen molar-refractivity contribution in [3.63, 3.8) is 0 Å². The molecule has 1 aromatic heterocycles. The molecular weight excluding hydrogens is 202 g/mol. The molecule has 4 nitrogen and oxygen atoms in total. The van der Waals surface area contributed by atoms with Crippen molar-refractivity contribution >= 4 is 0 Å². The van der Waals surface area contributed by atoms with Gasteiger partial charge >= 0.3 is 0 Å². The molecule has 0 atom stereocenters. The van der Waals surface area contributed by atoms with Crippen LogP contribution in [0.4, 0.5) is 0 Å². The minimum atomic E-state index is -0.840. The second-order valence-electron chi connectivity index (χ2n) is 5.36. The lowest BCUT2D eigenvalue weighted by atomic mass is 10.1. The van der Waals surface area contributed by atoms with Crippen LogP contribution in [-0.4, -0.2) is 32.1 Å². The highest BCUT2D eigenvalue weighted by atomic mass is 16.3. The second-order valence-corrected chi connectivity index (χ2v) is 5.36. The molecule has 1 aliphatic rings. The molecule has 2 rings (SSSR count). The van der Waals surface area contributed by atoms with Crippen LogP contribution in [0.1, 0.15) is 39.2 Å². The lowest BCUT2D eigenvalue weighted by Gasteiger charge is -2.30. The van der Waals surface area contributed by atoms with E-state index in [2.05, 4.69) is 28.3 Å². The molecule has 0 saturated carbocycles. The fourth-order valence-electron chi connectivity index (χ4n) is 2.01. The zero-order valence-corrected chi connectivity index (χ0v) is 10.6. The fraction of sp³-hybridized carbons (Fsp3) is 0.750. The lowest BCUT2D eigenvalue weighted by molar-refractivity contribution is 0.0740. The van der Waals surface area contributed by atoms with E-state index in [9.17, 15) is 5.11 Å². The SMILES string of the molecule is CC(C)N1CCn2cc(C(C)(C)O)nc2C1. The van der Waals surface area contributed by atoms with E-state index in [1.807, 2.05) is 6.20 Å². The third kappa shape index (κ3) is 2.13. The van der Waals surface area contributed by atoms with Crippen molar-refractivity contribution in [2.75, 3.05) is 6.54 Å². The molecule has 2 heterocycles. The summed E-state index contributed by atoms with van der Waals surface area (Å²) in [6, 6.07) is 0.552. The van der Waals surface area contributed by atoms with Gasteiger partial charge in [0, 0.05) is 25.3 Å². The molecule has 0 amide bonds. The third-order valence-corrected chi connectivity index (χ3v) is 3.19. The van der Waals surface area contributed by atoms with Crippen LogP contribution < -0.4 is 0 Å². The van der Waals surface area contributed by atoms with E-state index < -0.39 is 5.60 Å². The predicted molar refractivity (Wildman–Crippen MR) is 63.0 cm³/mol. The molecule has 1 aromatic rings. The van der Waals surface area contributed by atoms with Gasteiger partial charge in [-0.3, -0.25) is 4.90 Å². The van der Waals surface area contributed by atoms with E-state index in [-0.39, 0.29) is 0 Å². The van der Waals surface area contributed by atoms with Gasteiger partial charge in [-0.15, -0.1) is 0 Å². The number of fused-ring (bicyclic) bond motifs is 1. The number of aromatic nitrogens is 2. The average Bonchev–Trinajstić information content (AvgIpc) is 2.58. The normalized spacial score (nSPS) is 17.9. The maximum absolute atomic E-state index is 9.92. The van der Waals surface area contributed by atoms with Crippen LogP contribution in [0.2, 0.25) is 0 Å². The first-order valence-corrected chi connectivity index (χ1v) is 5.91. The van der Waals surface area contributed by atoms with Crippen molar-refractivity contribution in [2.45, 2.75) is 52.4 Å². The Morgan fingerprint density at radius 3 is 2.62 bits per heavy atom. The lowest BCUT2D eigenvalue weighted by Crippen LogP contribution is -2.38. The smallest absolute Gasteiger partial charge is 0.123 e. The third-order valence-electron chi connectivity index (χ3n) is 3.19. The molecule has 0 fully saturated rings. The number of hydrogen-bond acceptors (Lipinski definition) is 3. The van der Waals surface area contributed by atoms with Crippen molar-refractivity contribution < 1.29 is 5.11 Å². The Morgan fingerprint density at radius 1 is 1.38 bits per heavy atom. The molecule has 1 N–H and O–H groups in total. The number of aliphatic hydroxyl groups is 1. The molecule has 0 bridgehead atoms. The molecule has 0 aliphatic carbocycles. The number of rotatable bonds is 2. The molecule has 0 saturated heterocycles. The van der Waals surface area contributed by atoms with Crippen LogP contribution in [0.5, 0.6) is 0 Å². The van der Waals surface area contributed by atoms with Crippen LogP contribution in [-0.2, 0) is 18.7 Å².